The highest BCUT2D eigenvalue weighted by atomic mass is 32.2. The molecular formula is C20H26F3NO2S. The van der Waals surface area contributed by atoms with Gasteiger partial charge in [-0.25, -0.2) is 0 Å². The Morgan fingerprint density at radius 2 is 1.59 bits per heavy atom. The van der Waals surface area contributed by atoms with Gasteiger partial charge in [0.25, 0.3) is 0 Å². The van der Waals surface area contributed by atoms with Gasteiger partial charge in [-0.1, -0.05) is 11.2 Å². The van der Waals surface area contributed by atoms with E-state index in [1.54, 1.807) is 0 Å². The van der Waals surface area contributed by atoms with Crippen molar-refractivity contribution >= 4 is 11.2 Å². The first-order valence-corrected chi connectivity index (χ1v) is 11.2. The SMILES string of the molecule is [O-][S+]1CC2(CCN(CC3(Oc4ccc(C(F)(F)F)cc4)CCCC3)CC2)C1. The normalized spacial score (nSPS) is 25.5. The molecule has 27 heavy (non-hydrogen) atoms. The lowest BCUT2D eigenvalue weighted by Crippen LogP contribution is -2.56. The van der Waals surface area contributed by atoms with E-state index in [0.29, 0.717) is 11.2 Å². The van der Waals surface area contributed by atoms with E-state index in [1.165, 1.54) is 12.1 Å². The van der Waals surface area contributed by atoms with Gasteiger partial charge in [0.1, 0.15) is 22.9 Å². The number of hydrogen-bond donors (Lipinski definition) is 0. The first kappa shape index (κ1) is 19.4. The van der Waals surface area contributed by atoms with Crippen LogP contribution in [0.4, 0.5) is 13.2 Å². The number of nitrogens with zero attached hydrogens (tertiary/aromatic N) is 1. The standard InChI is InChI=1S/C20H26F3NO2S/c21-20(22,23)16-3-5-17(6-4-16)26-19(7-1-2-8-19)13-24-11-9-18(10-12-24)14-27(25)15-18/h3-6H,1-2,7-15H2. The molecule has 1 saturated carbocycles. The van der Waals surface area contributed by atoms with Gasteiger partial charge < -0.3 is 9.29 Å². The predicted octanol–water partition coefficient (Wildman–Crippen LogP) is 4.24. The maximum atomic E-state index is 12.8. The summed E-state index contributed by atoms with van der Waals surface area (Å²) < 4.78 is 56.1. The van der Waals surface area contributed by atoms with Crippen LogP contribution < -0.4 is 4.74 Å². The summed E-state index contributed by atoms with van der Waals surface area (Å²) >= 11 is -0.611. The topological polar surface area (TPSA) is 35.5 Å². The summed E-state index contributed by atoms with van der Waals surface area (Å²) in [6, 6.07) is 5.08. The molecule has 3 nitrogen and oxygen atoms in total. The molecule has 0 unspecified atom stereocenters. The van der Waals surface area contributed by atoms with E-state index >= 15 is 0 Å². The fourth-order valence-corrected chi connectivity index (χ4v) is 6.65. The quantitative estimate of drug-likeness (QED) is 0.708. The third-order valence-electron chi connectivity index (χ3n) is 6.39. The molecule has 3 aliphatic rings. The third kappa shape index (κ3) is 4.25. The lowest BCUT2D eigenvalue weighted by molar-refractivity contribution is -0.137. The van der Waals surface area contributed by atoms with Gasteiger partial charge in [-0.2, -0.15) is 13.2 Å². The van der Waals surface area contributed by atoms with Gasteiger partial charge in [-0.05, 0) is 75.9 Å². The molecule has 1 aliphatic carbocycles. The largest absolute Gasteiger partial charge is 0.616 e. The number of alkyl halides is 3. The van der Waals surface area contributed by atoms with E-state index in [-0.39, 0.29) is 5.60 Å². The Hall–Kier alpha value is -0.920. The minimum absolute atomic E-state index is 0.299. The molecule has 0 amide bonds. The lowest BCUT2D eigenvalue weighted by atomic mass is 9.81. The Bertz CT molecular complexity index is 642. The lowest BCUT2D eigenvalue weighted by Gasteiger charge is -2.48. The minimum atomic E-state index is -4.32. The van der Waals surface area contributed by atoms with Crippen LogP contribution in [0.5, 0.6) is 5.75 Å². The molecule has 150 valence electrons. The number of benzene rings is 1. The molecule has 7 heteroatoms. The van der Waals surface area contributed by atoms with Crippen LogP contribution >= 0.6 is 0 Å². The molecule has 0 N–H and O–H groups in total. The maximum Gasteiger partial charge on any atom is 0.416 e. The van der Waals surface area contributed by atoms with E-state index in [9.17, 15) is 17.7 Å². The zero-order valence-electron chi connectivity index (χ0n) is 15.4. The number of hydrogen-bond acceptors (Lipinski definition) is 3. The van der Waals surface area contributed by atoms with Crippen LogP contribution in [0, 0.1) is 5.41 Å². The molecule has 2 aliphatic heterocycles. The smallest absolute Gasteiger partial charge is 0.416 e. The van der Waals surface area contributed by atoms with E-state index in [1.807, 2.05) is 0 Å². The number of rotatable bonds is 4. The van der Waals surface area contributed by atoms with Crippen LogP contribution in [0.15, 0.2) is 24.3 Å². The summed E-state index contributed by atoms with van der Waals surface area (Å²) in [6.07, 6.45) is 1.94. The Kier molecular flexibility index (Phi) is 5.14. The fraction of sp³-hybridized carbons (Fsp3) is 0.700. The number of piperidine rings is 1. The molecule has 0 aromatic heterocycles. The van der Waals surface area contributed by atoms with E-state index in [0.717, 1.165) is 81.8 Å². The molecule has 1 spiro atoms. The van der Waals surface area contributed by atoms with Crippen LogP contribution in [0.25, 0.3) is 0 Å². The summed E-state index contributed by atoms with van der Waals surface area (Å²) in [5.74, 6) is 2.23. The third-order valence-corrected chi connectivity index (χ3v) is 8.26. The van der Waals surface area contributed by atoms with Gasteiger partial charge in [0, 0.05) is 6.54 Å². The molecule has 4 rings (SSSR count). The van der Waals surface area contributed by atoms with Gasteiger partial charge in [-0.3, -0.25) is 4.90 Å². The number of halogens is 3. The predicted molar refractivity (Wildman–Crippen MR) is 99.3 cm³/mol. The van der Waals surface area contributed by atoms with Crippen LogP contribution in [0.2, 0.25) is 0 Å². The van der Waals surface area contributed by atoms with Gasteiger partial charge in [0.15, 0.2) is 0 Å². The van der Waals surface area contributed by atoms with Crippen molar-refractivity contribution in [1.29, 1.82) is 0 Å². The Labute approximate surface area is 161 Å². The molecular weight excluding hydrogens is 375 g/mol. The summed E-state index contributed by atoms with van der Waals surface area (Å²) in [4.78, 5) is 2.43. The summed E-state index contributed by atoms with van der Waals surface area (Å²) in [5.41, 5.74) is -0.639. The van der Waals surface area contributed by atoms with Crippen molar-refractivity contribution in [3.63, 3.8) is 0 Å². The van der Waals surface area contributed by atoms with Crippen molar-refractivity contribution in [3.05, 3.63) is 29.8 Å². The zero-order valence-corrected chi connectivity index (χ0v) is 16.2. The van der Waals surface area contributed by atoms with Gasteiger partial charge in [-0.15, -0.1) is 0 Å². The molecule has 1 aromatic rings. The second kappa shape index (κ2) is 7.16. The van der Waals surface area contributed by atoms with E-state index in [4.69, 9.17) is 4.74 Å². The first-order chi connectivity index (χ1) is 12.8. The summed E-state index contributed by atoms with van der Waals surface area (Å²) in [7, 11) is 0. The van der Waals surface area contributed by atoms with Crippen molar-refractivity contribution < 1.29 is 22.5 Å². The van der Waals surface area contributed by atoms with Gasteiger partial charge in [0.2, 0.25) is 0 Å². The molecule has 0 radical (unpaired) electrons. The Morgan fingerprint density at radius 3 is 2.11 bits per heavy atom. The second-order valence-corrected chi connectivity index (χ2v) is 9.98. The number of ether oxygens (including phenoxy) is 1. The van der Waals surface area contributed by atoms with Crippen LogP contribution in [-0.4, -0.2) is 46.2 Å². The summed E-state index contributed by atoms with van der Waals surface area (Å²) in [6.45, 7) is 2.82. The molecule has 2 heterocycles. The second-order valence-electron chi connectivity index (χ2n) is 8.52. The minimum Gasteiger partial charge on any atom is -0.616 e. The van der Waals surface area contributed by atoms with E-state index in [2.05, 4.69) is 4.90 Å². The van der Waals surface area contributed by atoms with Crippen molar-refractivity contribution in [2.24, 2.45) is 5.41 Å². The van der Waals surface area contributed by atoms with Gasteiger partial charge in [0.05, 0.1) is 11.0 Å². The van der Waals surface area contributed by atoms with Crippen LogP contribution in [0.1, 0.15) is 44.1 Å². The highest BCUT2D eigenvalue weighted by molar-refractivity contribution is 7.92. The molecule has 1 aromatic carbocycles. The van der Waals surface area contributed by atoms with Crippen LogP contribution in [-0.2, 0) is 17.4 Å². The molecule has 0 atom stereocenters. The highest BCUT2D eigenvalue weighted by Crippen LogP contribution is 2.43. The van der Waals surface area contributed by atoms with Crippen molar-refractivity contribution in [1.82, 2.24) is 4.90 Å². The fourth-order valence-electron chi connectivity index (χ4n) is 4.80. The average Bonchev–Trinajstić information content (AvgIpc) is 3.03. The summed E-state index contributed by atoms with van der Waals surface area (Å²) in [5, 5.41) is 0. The van der Waals surface area contributed by atoms with E-state index < -0.39 is 22.9 Å². The average molecular weight is 401 g/mol. The molecule has 0 bridgehead atoms. The van der Waals surface area contributed by atoms with Crippen molar-refractivity contribution in [2.75, 3.05) is 31.1 Å². The van der Waals surface area contributed by atoms with Crippen molar-refractivity contribution in [3.8, 4) is 5.75 Å². The van der Waals surface area contributed by atoms with Gasteiger partial charge >= 0.3 is 6.18 Å². The van der Waals surface area contributed by atoms with Crippen LogP contribution in [0.3, 0.4) is 0 Å². The maximum absolute atomic E-state index is 12.8. The van der Waals surface area contributed by atoms with Crippen molar-refractivity contribution in [2.45, 2.75) is 50.3 Å². The monoisotopic (exact) mass is 401 g/mol. The molecule has 2 saturated heterocycles. The number of likely N-dealkylation sites (tertiary alicyclic amines) is 1. The molecule has 3 fully saturated rings. The first-order valence-electron chi connectivity index (χ1n) is 9.71. The Balaban J connectivity index is 1.38. The zero-order chi connectivity index (χ0) is 19.1. The highest BCUT2D eigenvalue weighted by Gasteiger charge is 2.50. The Morgan fingerprint density at radius 1 is 1.00 bits per heavy atom.